The van der Waals surface area contributed by atoms with E-state index in [1.54, 1.807) is 10.6 Å². The van der Waals surface area contributed by atoms with Crippen molar-refractivity contribution in [1.82, 2.24) is 4.57 Å². The minimum atomic E-state index is -0.0356. The van der Waals surface area contributed by atoms with Crippen LogP contribution < -0.4 is 10.3 Å². The predicted octanol–water partition coefficient (Wildman–Crippen LogP) is 1.97. The van der Waals surface area contributed by atoms with E-state index in [9.17, 15) is 4.79 Å². The van der Waals surface area contributed by atoms with E-state index in [0.717, 1.165) is 24.9 Å². The maximum Gasteiger partial charge on any atom is 0.292 e. The molecule has 0 saturated heterocycles. The number of ether oxygens (including phenoxy) is 1. The number of nitrogens with zero attached hydrogens (tertiary/aromatic N) is 1. The molecule has 0 amide bonds. The van der Waals surface area contributed by atoms with Gasteiger partial charge in [-0.05, 0) is 25.0 Å². The molecule has 78 valence electrons. The molecule has 0 unspecified atom stereocenters. The Kier molecular flexibility index (Phi) is 3.74. The summed E-state index contributed by atoms with van der Waals surface area (Å²) >= 11 is 0. The molecular formula is C11H17NO2. The molecule has 0 aliphatic carbocycles. The monoisotopic (exact) mass is 195 g/mol. The Morgan fingerprint density at radius 2 is 2.21 bits per heavy atom. The fraction of sp³-hybridized carbons (Fsp3) is 0.545. The van der Waals surface area contributed by atoms with Crippen molar-refractivity contribution in [2.45, 2.75) is 33.2 Å². The summed E-state index contributed by atoms with van der Waals surface area (Å²) in [5.41, 5.74) is 1.02. The Morgan fingerprint density at radius 1 is 1.50 bits per heavy atom. The van der Waals surface area contributed by atoms with Gasteiger partial charge in [0.05, 0.1) is 7.11 Å². The van der Waals surface area contributed by atoms with Crippen molar-refractivity contribution in [3.63, 3.8) is 0 Å². The van der Waals surface area contributed by atoms with Crippen LogP contribution in [0.15, 0.2) is 17.1 Å². The van der Waals surface area contributed by atoms with E-state index in [1.165, 1.54) is 7.11 Å². The Labute approximate surface area is 84.3 Å². The third-order valence-electron chi connectivity index (χ3n) is 2.16. The second-order valence-electron chi connectivity index (χ2n) is 3.44. The predicted molar refractivity (Wildman–Crippen MR) is 56.9 cm³/mol. The Hall–Kier alpha value is -1.25. The SMILES string of the molecule is CCCCn1cc(C)cc(OC)c1=O. The standard InChI is InChI=1S/C11H17NO2/c1-4-5-6-12-8-9(2)7-10(14-3)11(12)13/h7-8H,4-6H2,1-3H3. The minimum Gasteiger partial charge on any atom is -0.491 e. The number of rotatable bonds is 4. The van der Waals surface area contributed by atoms with E-state index in [1.807, 2.05) is 13.1 Å². The van der Waals surface area contributed by atoms with Gasteiger partial charge in [-0.15, -0.1) is 0 Å². The van der Waals surface area contributed by atoms with Crippen LogP contribution in [-0.4, -0.2) is 11.7 Å². The zero-order chi connectivity index (χ0) is 10.6. The molecule has 1 heterocycles. The summed E-state index contributed by atoms with van der Waals surface area (Å²) in [6, 6.07) is 1.77. The van der Waals surface area contributed by atoms with Crippen molar-refractivity contribution in [2.75, 3.05) is 7.11 Å². The van der Waals surface area contributed by atoms with Gasteiger partial charge in [0.1, 0.15) is 0 Å². The highest BCUT2D eigenvalue weighted by Crippen LogP contribution is 2.06. The average molecular weight is 195 g/mol. The van der Waals surface area contributed by atoms with E-state index in [2.05, 4.69) is 6.92 Å². The summed E-state index contributed by atoms with van der Waals surface area (Å²) < 4.78 is 6.73. The largest absolute Gasteiger partial charge is 0.491 e. The molecule has 0 aliphatic rings. The molecule has 0 N–H and O–H groups in total. The molecule has 14 heavy (non-hydrogen) atoms. The molecule has 0 fully saturated rings. The van der Waals surface area contributed by atoms with E-state index in [4.69, 9.17) is 4.74 Å². The third-order valence-corrected chi connectivity index (χ3v) is 2.16. The molecule has 0 radical (unpaired) electrons. The molecule has 0 aromatic carbocycles. The normalized spacial score (nSPS) is 10.2. The molecular weight excluding hydrogens is 178 g/mol. The first kappa shape index (κ1) is 10.8. The van der Waals surface area contributed by atoms with E-state index >= 15 is 0 Å². The lowest BCUT2D eigenvalue weighted by Gasteiger charge is -2.08. The van der Waals surface area contributed by atoms with Crippen molar-refractivity contribution in [3.05, 3.63) is 28.2 Å². The van der Waals surface area contributed by atoms with Crippen molar-refractivity contribution < 1.29 is 4.74 Å². The first-order chi connectivity index (χ1) is 6.69. The van der Waals surface area contributed by atoms with Crippen LogP contribution in [-0.2, 0) is 6.54 Å². The molecule has 0 spiro atoms. The fourth-order valence-electron chi connectivity index (χ4n) is 1.39. The summed E-state index contributed by atoms with van der Waals surface area (Å²) in [5, 5.41) is 0. The zero-order valence-electron chi connectivity index (χ0n) is 9.04. The van der Waals surface area contributed by atoms with Crippen molar-refractivity contribution in [3.8, 4) is 5.75 Å². The van der Waals surface area contributed by atoms with Crippen molar-refractivity contribution in [1.29, 1.82) is 0 Å². The van der Waals surface area contributed by atoms with E-state index in [0.29, 0.717) is 5.75 Å². The van der Waals surface area contributed by atoms with Gasteiger partial charge in [-0.1, -0.05) is 13.3 Å². The molecule has 0 saturated carbocycles. The van der Waals surface area contributed by atoms with Gasteiger partial charge in [0, 0.05) is 12.7 Å². The Bertz CT molecular complexity index is 355. The van der Waals surface area contributed by atoms with E-state index < -0.39 is 0 Å². The highest BCUT2D eigenvalue weighted by molar-refractivity contribution is 5.23. The first-order valence-electron chi connectivity index (χ1n) is 4.94. The smallest absolute Gasteiger partial charge is 0.292 e. The number of hydrogen-bond donors (Lipinski definition) is 0. The lowest BCUT2D eigenvalue weighted by Crippen LogP contribution is -2.21. The van der Waals surface area contributed by atoms with Gasteiger partial charge in [0.15, 0.2) is 5.75 Å². The van der Waals surface area contributed by atoms with Gasteiger partial charge in [-0.25, -0.2) is 0 Å². The zero-order valence-corrected chi connectivity index (χ0v) is 9.04. The van der Waals surface area contributed by atoms with Crippen LogP contribution in [0.4, 0.5) is 0 Å². The van der Waals surface area contributed by atoms with Gasteiger partial charge in [0.2, 0.25) is 0 Å². The maximum absolute atomic E-state index is 11.7. The number of aromatic nitrogens is 1. The van der Waals surface area contributed by atoms with Crippen LogP contribution in [0.2, 0.25) is 0 Å². The molecule has 0 atom stereocenters. The molecule has 1 aromatic heterocycles. The molecule has 1 rings (SSSR count). The summed E-state index contributed by atoms with van der Waals surface area (Å²) in [7, 11) is 1.53. The van der Waals surface area contributed by atoms with Crippen LogP contribution in [0, 0.1) is 6.92 Å². The minimum absolute atomic E-state index is 0.0356. The Balaban J connectivity index is 3.03. The van der Waals surface area contributed by atoms with Crippen LogP contribution in [0.5, 0.6) is 5.75 Å². The van der Waals surface area contributed by atoms with Crippen LogP contribution in [0.25, 0.3) is 0 Å². The van der Waals surface area contributed by atoms with Crippen molar-refractivity contribution >= 4 is 0 Å². The van der Waals surface area contributed by atoms with Gasteiger partial charge in [-0.3, -0.25) is 4.79 Å². The maximum atomic E-state index is 11.7. The van der Waals surface area contributed by atoms with Crippen LogP contribution in [0.3, 0.4) is 0 Å². The van der Waals surface area contributed by atoms with Crippen LogP contribution in [0.1, 0.15) is 25.3 Å². The number of methoxy groups -OCH3 is 1. The topological polar surface area (TPSA) is 31.2 Å². The first-order valence-corrected chi connectivity index (χ1v) is 4.94. The lowest BCUT2D eigenvalue weighted by atomic mass is 10.3. The van der Waals surface area contributed by atoms with Gasteiger partial charge >= 0.3 is 0 Å². The molecule has 1 aromatic rings. The highest BCUT2D eigenvalue weighted by Gasteiger charge is 2.03. The van der Waals surface area contributed by atoms with Crippen molar-refractivity contribution in [2.24, 2.45) is 0 Å². The summed E-state index contributed by atoms with van der Waals surface area (Å²) in [6.45, 7) is 4.84. The number of pyridine rings is 1. The second-order valence-corrected chi connectivity index (χ2v) is 3.44. The quantitative estimate of drug-likeness (QED) is 0.735. The summed E-state index contributed by atoms with van der Waals surface area (Å²) in [6.07, 6.45) is 3.98. The highest BCUT2D eigenvalue weighted by atomic mass is 16.5. The van der Waals surface area contributed by atoms with Gasteiger partial charge in [0.25, 0.3) is 5.56 Å². The summed E-state index contributed by atoms with van der Waals surface area (Å²) in [5.74, 6) is 0.432. The third kappa shape index (κ3) is 2.37. The average Bonchev–Trinajstić information content (AvgIpc) is 2.18. The van der Waals surface area contributed by atoms with E-state index in [-0.39, 0.29) is 5.56 Å². The molecule has 3 nitrogen and oxygen atoms in total. The molecule has 0 aliphatic heterocycles. The van der Waals surface area contributed by atoms with Gasteiger partial charge in [-0.2, -0.15) is 0 Å². The lowest BCUT2D eigenvalue weighted by molar-refractivity contribution is 0.401. The number of hydrogen-bond acceptors (Lipinski definition) is 2. The number of aryl methyl sites for hydroxylation is 2. The molecule has 0 bridgehead atoms. The van der Waals surface area contributed by atoms with Crippen LogP contribution >= 0.6 is 0 Å². The molecule has 3 heteroatoms. The summed E-state index contributed by atoms with van der Waals surface area (Å²) in [4.78, 5) is 11.7. The number of unbranched alkanes of at least 4 members (excludes halogenated alkanes) is 1. The Morgan fingerprint density at radius 3 is 2.79 bits per heavy atom. The second kappa shape index (κ2) is 4.84. The van der Waals surface area contributed by atoms with Gasteiger partial charge < -0.3 is 9.30 Å². The fourth-order valence-corrected chi connectivity index (χ4v) is 1.39.